The van der Waals surface area contributed by atoms with Crippen molar-refractivity contribution in [2.75, 3.05) is 5.23 Å². The maximum absolute atomic E-state index is 13.3. The van der Waals surface area contributed by atoms with Crippen molar-refractivity contribution >= 4 is 5.69 Å². The molecule has 134 valence electrons. The van der Waals surface area contributed by atoms with Crippen LogP contribution < -0.4 is 5.23 Å². The van der Waals surface area contributed by atoms with Crippen LogP contribution in [-0.2, 0) is 0 Å². The summed E-state index contributed by atoms with van der Waals surface area (Å²) in [5.41, 5.74) is 4.15. The van der Waals surface area contributed by atoms with Crippen LogP contribution in [0.15, 0.2) is 73.1 Å². The van der Waals surface area contributed by atoms with E-state index in [2.05, 4.69) is 9.97 Å². The Kier molecular flexibility index (Phi) is 4.37. The van der Waals surface area contributed by atoms with Crippen molar-refractivity contribution in [3.63, 3.8) is 0 Å². The van der Waals surface area contributed by atoms with E-state index >= 15 is 0 Å². The fourth-order valence-corrected chi connectivity index (χ4v) is 2.81. The third kappa shape index (κ3) is 3.41. The van der Waals surface area contributed by atoms with Gasteiger partial charge >= 0.3 is 0 Å². The zero-order valence-corrected chi connectivity index (χ0v) is 14.0. The lowest BCUT2D eigenvalue weighted by atomic mass is 10.1. The Hall–Kier alpha value is -3.55. The van der Waals surface area contributed by atoms with E-state index in [4.69, 9.17) is 15.4 Å². The Bertz CT molecular complexity index is 1050. The van der Waals surface area contributed by atoms with Crippen molar-refractivity contribution < 1.29 is 14.8 Å². The number of halogens is 1. The van der Waals surface area contributed by atoms with E-state index < -0.39 is 0 Å². The van der Waals surface area contributed by atoms with Crippen LogP contribution in [0.25, 0.3) is 33.9 Å². The van der Waals surface area contributed by atoms with Gasteiger partial charge < -0.3 is 4.98 Å². The maximum atomic E-state index is 13.3. The van der Waals surface area contributed by atoms with Gasteiger partial charge in [-0.15, -0.1) is 5.23 Å². The van der Waals surface area contributed by atoms with Gasteiger partial charge in [0.25, 0.3) is 0 Å². The minimum absolute atomic E-state index is 0.0538. The molecule has 7 heteroatoms. The van der Waals surface area contributed by atoms with Gasteiger partial charge in [0.15, 0.2) is 0 Å². The topological polar surface area (TPSA) is 85.3 Å². The van der Waals surface area contributed by atoms with Gasteiger partial charge in [0, 0.05) is 29.1 Å². The molecule has 27 heavy (non-hydrogen) atoms. The number of nitrogens with one attached hydrogen (secondary N) is 1. The van der Waals surface area contributed by atoms with Crippen molar-refractivity contribution in [2.45, 2.75) is 0 Å². The zero-order chi connectivity index (χ0) is 18.8. The molecule has 0 aliphatic heterocycles. The Morgan fingerprint density at radius 2 is 1.41 bits per heavy atom. The van der Waals surface area contributed by atoms with Crippen LogP contribution in [0.2, 0.25) is 0 Å². The first kappa shape index (κ1) is 16.9. The summed E-state index contributed by atoms with van der Waals surface area (Å²) in [6.07, 6.45) is 3.38. The smallest absolute Gasteiger partial charge is 0.138 e. The van der Waals surface area contributed by atoms with E-state index in [1.807, 2.05) is 12.1 Å². The fourth-order valence-electron chi connectivity index (χ4n) is 2.81. The normalized spacial score (nSPS) is 10.8. The molecule has 0 aliphatic carbocycles. The van der Waals surface area contributed by atoms with E-state index in [1.54, 1.807) is 48.8 Å². The third-order valence-electron chi connectivity index (χ3n) is 4.16. The molecule has 0 bridgehead atoms. The lowest BCUT2D eigenvalue weighted by molar-refractivity contribution is 0.0292. The summed E-state index contributed by atoms with van der Waals surface area (Å²) in [7, 11) is 0. The summed E-state index contributed by atoms with van der Waals surface area (Å²) in [5, 5.41) is 18.2. The molecule has 0 atom stereocenters. The molecule has 2 aromatic heterocycles. The average molecular weight is 362 g/mol. The fraction of sp³-hybridized carbons (Fsp3) is 0. The number of pyridine rings is 1. The van der Waals surface area contributed by atoms with Crippen LogP contribution in [0.3, 0.4) is 0 Å². The van der Waals surface area contributed by atoms with Crippen LogP contribution in [0, 0.1) is 5.82 Å². The summed E-state index contributed by atoms with van der Waals surface area (Å²) < 4.78 is 13.3. The molecule has 2 heterocycles. The van der Waals surface area contributed by atoms with Crippen molar-refractivity contribution in [3.8, 4) is 33.9 Å². The second kappa shape index (κ2) is 6.99. The molecule has 0 aliphatic rings. The zero-order valence-electron chi connectivity index (χ0n) is 14.0. The SMILES string of the molecule is ON(O)c1ccc(-c2nc(-c3ccc(F)cc3)c(-c3ccncc3)[nH]2)cc1. The molecule has 0 amide bonds. The van der Waals surface area contributed by atoms with Crippen molar-refractivity contribution in [1.29, 1.82) is 0 Å². The number of benzene rings is 2. The van der Waals surface area contributed by atoms with Gasteiger partial charge in [-0.25, -0.2) is 9.37 Å². The number of aromatic amines is 1. The quantitative estimate of drug-likeness (QED) is 0.465. The van der Waals surface area contributed by atoms with Gasteiger partial charge in [0.1, 0.15) is 11.6 Å². The number of hydrogen-bond donors (Lipinski definition) is 3. The number of nitrogens with zero attached hydrogens (tertiary/aromatic N) is 3. The van der Waals surface area contributed by atoms with E-state index in [-0.39, 0.29) is 16.7 Å². The minimum Gasteiger partial charge on any atom is -0.337 e. The van der Waals surface area contributed by atoms with E-state index in [1.165, 1.54) is 12.1 Å². The highest BCUT2D eigenvalue weighted by Gasteiger charge is 2.15. The third-order valence-corrected chi connectivity index (χ3v) is 4.16. The molecule has 2 aromatic carbocycles. The molecular formula is C20H15FN4O2. The highest BCUT2D eigenvalue weighted by atomic mass is 19.1. The Balaban J connectivity index is 1.83. The molecule has 0 spiro atoms. The van der Waals surface area contributed by atoms with Crippen molar-refractivity contribution in [2.24, 2.45) is 0 Å². The van der Waals surface area contributed by atoms with E-state index in [0.717, 1.165) is 22.4 Å². The lowest BCUT2D eigenvalue weighted by Crippen LogP contribution is -2.10. The molecule has 0 saturated carbocycles. The molecule has 4 rings (SSSR count). The highest BCUT2D eigenvalue weighted by molar-refractivity contribution is 5.81. The van der Waals surface area contributed by atoms with Gasteiger partial charge in [-0.2, -0.15) is 0 Å². The molecular weight excluding hydrogens is 347 g/mol. The van der Waals surface area contributed by atoms with Gasteiger partial charge in [0.05, 0.1) is 17.1 Å². The van der Waals surface area contributed by atoms with Gasteiger partial charge in [-0.3, -0.25) is 15.4 Å². The highest BCUT2D eigenvalue weighted by Crippen LogP contribution is 2.33. The van der Waals surface area contributed by atoms with Crippen molar-refractivity contribution in [3.05, 3.63) is 78.9 Å². The summed E-state index contributed by atoms with van der Waals surface area (Å²) in [5.74, 6) is 0.295. The van der Waals surface area contributed by atoms with Crippen molar-refractivity contribution in [1.82, 2.24) is 15.0 Å². The minimum atomic E-state index is -0.312. The Morgan fingerprint density at radius 1 is 0.778 bits per heavy atom. The number of rotatable bonds is 4. The average Bonchev–Trinajstić information content (AvgIpc) is 3.15. The number of hydrogen-bond acceptors (Lipinski definition) is 5. The van der Waals surface area contributed by atoms with E-state index in [9.17, 15) is 4.39 Å². The number of anilines is 1. The molecule has 0 fully saturated rings. The second-order valence-corrected chi connectivity index (χ2v) is 5.89. The molecule has 0 saturated heterocycles. The monoisotopic (exact) mass is 362 g/mol. The summed E-state index contributed by atoms with van der Waals surface area (Å²) in [4.78, 5) is 12.0. The van der Waals surface area contributed by atoms with E-state index in [0.29, 0.717) is 11.5 Å². The first-order valence-corrected chi connectivity index (χ1v) is 8.16. The molecule has 4 aromatic rings. The molecule has 0 radical (unpaired) electrons. The van der Waals surface area contributed by atoms with Crippen LogP contribution in [0.4, 0.5) is 10.1 Å². The van der Waals surface area contributed by atoms with Crippen LogP contribution in [0.5, 0.6) is 0 Å². The summed E-state index contributed by atoms with van der Waals surface area (Å²) >= 11 is 0. The number of imidazole rings is 1. The molecule has 0 unspecified atom stereocenters. The van der Waals surface area contributed by atoms with Gasteiger partial charge in [0.2, 0.25) is 0 Å². The standard InChI is InChI=1S/C20H15FN4O2/c21-16-5-1-13(2-6-16)18-19(14-9-11-22-12-10-14)24-20(23-18)15-3-7-17(8-4-15)25(26)27/h1-12,26-27H,(H,23,24). The van der Waals surface area contributed by atoms with Gasteiger partial charge in [-0.05, 0) is 60.7 Å². The first-order chi connectivity index (χ1) is 13.1. The molecule has 6 nitrogen and oxygen atoms in total. The second-order valence-electron chi connectivity index (χ2n) is 5.89. The maximum Gasteiger partial charge on any atom is 0.138 e. The largest absolute Gasteiger partial charge is 0.337 e. The van der Waals surface area contributed by atoms with Crippen LogP contribution in [-0.4, -0.2) is 25.4 Å². The Morgan fingerprint density at radius 3 is 2.04 bits per heavy atom. The molecule has 3 N–H and O–H groups in total. The van der Waals surface area contributed by atoms with Crippen LogP contribution >= 0.6 is 0 Å². The van der Waals surface area contributed by atoms with Gasteiger partial charge in [-0.1, -0.05) is 0 Å². The predicted molar refractivity (Wildman–Crippen MR) is 98.7 cm³/mol. The lowest BCUT2D eigenvalue weighted by Gasteiger charge is -2.07. The Labute approximate surface area is 154 Å². The number of H-pyrrole nitrogens is 1. The summed E-state index contributed by atoms with van der Waals surface area (Å²) in [6.45, 7) is 0. The first-order valence-electron chi connectivity index (χ1n) is 8.16. The van der Waals surface area contributed by atoms with Crippen LogP contribution in [0.1, 0.15) is 0 Å². The number of aromatic nitrogens is 3. The summed E-state index contributed by atoms with van der Waals surface area (Å²) in [6, 6.07) is 16.4. The predicted octanol–water partition coefficient (Wildman–Crippen LogP) is 4.53.